The van der Waals surface area contributed by atoms with Crippen molar-refractivity contribution in [2.24, 2.45) is 0 Å². The van der Waals surface area contributed by atoms with E-state index in [0.717, 1.165) is 16.9 Å². The molecule has 0 bridgehead atoms. The van der Waals surface area contributed by atoms with Gasteiger partial charge in [-0.15, -0.1) is 0 Å². The molecule has 2 aromatic rings. The summed E-state index contributed by atoms with van der Waals surface area (Å²) in [6.07, 6.45) is 2.51. The zero-order valence-electron chi connectivity index (χ0n) is 13.6. The maximum Gasteiger partial charge on any atom is 0.0458 e. The van der Waals surface area contributed by atoms with Gasteiger partial charge in [0.2, 0.25) is 0 Å². The Bertz CT molecular complexity index is 602. The lowest BCUT2D eigenvalue weighted by atomic mass is 9.89. The van der Waals surface area contributed by atoms with E-state index in [1.165, 1.54) is 31.5 Å². The Labute approximate surface area is 138 Å². The molecule has 0 radical (unpaired) electrons. The molecule has 1 fully saturated rings. The van der Waals surface area contributed by atoms with E-state index in [-0.39, 0.29) is 0 Å². The summed E-state index contributed by atoms with van der Waals surface area (Å²) in [5, 5.41) is 12.1. The third-order valence-corrected chi connectivity index (χ3v) is 4.63. The van der Waals surface area contributed by atoms with Gasteiger partial charge in [-0.1, -0.05) is 24.3 Å². The molecule has 122 valence electrons. The highest BCUT2D eigenvalue weighted by molar-refractivity contribution is 5.60. The summed E-state index contributed by atoms with van der Waals surface area (Å²) in [4.78, 5) is 2.41. The number of nitrogens with zero attached hydrogens (tertiary/aromatic N) is 1. The highest BCUT2D eigenvalue weighted by Crippen LogP contribution is 2.28. The van der Waals surface area contributed by atoms with E-state index in [1.807, 2.05) is 24.3 Å². The topological polar surface area (TPSA) is 47.5 Å². The molecular weight excluding hydrogens is 286 g/mol. The van der Waals surface area contributed by atoms with Crippen LogP contribution in [0.5, 0.6) is 0 Å². The van der Waals surface area contributed by atoms with Gasteiger partial charge in [0.15, 0.2) is 0 Å². The Balaban J connectivity index is 1.60. The van der Waals surface area contributed by atoms with Crippen LogP contribution in [-0.4, -0.2) is 30.2 Å². The van der Waals surface area contributed by atoms with E-state index in [9.17, 15) is 0 Å². The minimum Gasteiger partial charge on any atom is -0.356 e. The lowest BCUT2D eigenvalue weighted by molar-refractivity contribution is 0.161. The Morgan fingerprint density at radius 2 is 1.52 bits per heavy atom. The largest absolute Gasteiger partial charge is 0.356 e. The molecule has 1 aliphatic rings. The van der Waals surface area contributed by atoms with Gasteiger partial charge in [-0.05, 0) is 74.3 Å². The van der Waals surface area contributed by atoms with Gasteiger partial charge in [0, 0.05) is 17.9 Å². The van der Waals surface area contributed by atoms with Gasteiger partial charge >= 0.3 is 0 Å². The average molecular weight is 311 g/mol. The third-order valence-electron chi connectivity index (χ3n) is 4.63. The molecule has 0 aromatic heterocycles. The van der Waals surface area contributed by atoms with Crippen LogP contribution in [0, 0.1) is 0 Å². The first-order valence-electron chi connectivity index (χ1n) is 8.26. The fraction of sp³-hybridized carbons (Fsp3) is 0.368. The van der Waals surface area contributed by atoms with Crippen molar-refractivity contribution in [1.29, 1.82) is 0 Å². The Hall–Kier alpha value is -1.88. The molecule has 23 heavy (non-hydrogen) atoms. The van der Waals surface area contributed by atoms with Crippen molar-refractivity contribution in [1.82, 2.24) is 10.4 Å². The van der Waals surface area contributed by atoms with Gasteiger partial charge in [-0.2, -0.15) is 0 Å². The first-order valence-corrected chi connectivity index (χ1v) is 8.26. The normalized spacial score (nSPS) is 16.4. The van der Waals surface area contributed by atoms with Gasteiger partial charge in [-0.3, -0.25) is 0 Å². The molecule has 4 nitrogen and oxygen atoms in total. The summed E-state index contributed by atoms with van der Waals surface area (Å²) in [5.74, 6) is 0.700. The summed E-state index contributed by atoms with van der Waals surface area (Å²) < 4.78 is 0. The van der Waals surface area contributed by atoms with E-state index in [2.05, 4.69) is 47.0 Å². The molecule has 2 aromatic carbocycles. The Kier molecular flexibility index (Phi) is 5.28. The van der Waals surface area contributed by atoms with Crippen LogP contribution in [0.3, 0.4) is 0 Å². The number of benzene rings is 2. The van der Waals surface area contributed by atoms with Gasteiger partial charge in [-0.25, -0.2) is 5.48 Å². The number of anilines is 2. The maximum atomic E-state index is 8.70. The summed E-state index contributed by atoms with van der Waals surface area (Å²) >= 11 is 0. The fourth-order valence-corrected chi connectivity index (χ4v) is 3.14. The van der Waals surface area contributed by atoms with Crippen LogP contribution in [0.4, 0.5) is 11.4 Å². The standard InChI is InChI=1S/C19H25N3O/c1-22-12-10-17(11-13-22)16-4-8-19(9-5-16)21-18-6-2-15(3-7-18)14-20-23/h2-9,17,20-21,23H,10-14H2,1H3. The minimum atomic E-state index is 0.464. The van der Waals surface area contributed by atoms with E-state index < -0.39 is 0 Å². The van der Waals surface area contributed by atoms with E-state index in [0.29, 0.717) is 12.5 Å². The molecule has 3 rings (SSSR count). The van der Waals surface area contributed by atoms with Crippen molar-refractivity contribution < 1.29 is 5.21 Å². The summed E-state index contributed by atoms with van der Waals surface area (Å²) in [7, 11) is 2.20. The van der Waals surface area contributed by atoms with Gasteiger partial charge in [0.1, 0.15) is 0 Å². The number of hydroxylamine groups is 1. The Morgan fingerprint density at radius 3 is 2.09 bits per heavy atom. The van der Waals surface area contributed by atoms with Gasteiger partial charge in [0.25, 0.3) is 0 Å². The number of hydrogen-bond donors (Lipinski definition) is 3. The lowest BCUT2D eigenvalue weighted by Gasteiger charge is -2.29. The summed E-state index contributed by atoms with van der Waals surface area (Å²) in [5.41, 5.74) is 6.83. The average Bonchev–Trinajstić information content (AvgIpc) is 2.58. The van der Waals surface area contributed by atoms with Crippen LogP contribution in [0.2, 0.25) is 0 Å². The van der Waals surface area contributed by atoms with Crippen molar-refractivity contribution in [3.63, 3.8) is 0 Å². The van der Waals surface area contributed by atoms with E-state index in [1.54, 1.807) is 0 Å². The molecule has 0 atom stereocenters. The van der Waals surface area contributed by atoms with Crippen molar-refractivity contribution in [2.75, 3.05) is 25.5 Å². The monoisotopic (exact) mass is 311 g/mol. The molecule has 3 N–H and O–H groups in total. The molecule has 0 saturated carbocycles. The second-order valence-electron chi connectivity index (χ2n) is 6.36. The van der Waals surface area contributed by atoms with Crippen molar-refractivity contribution in [3.05, 3.63) is 59.7 Å². The maximum absolute atomic E-state index is 8.70. The zero-order chi connectivity index (χ0) is 16.1. The number of nitrogens with one attached hydrogen (secondary N) is 2. The predicted octanol–water partition coefficient (Wildman–Crippen LogP) is 3.72. The number of hydrogen-bond acceptors (Lipinski definition) is 4. The molecule has 0 spiro atoms. The predicted molar refractivity (Wildman–Crippen MR) is 94.3 cm³/mol. The fourth-order valence-electron chi connectivity index (χ4n) is 3.14. The second kappa shape index (κ2) is 7.59. The first-order chi connectivity index (χ1) is 11.2. The molecule has 0 unspecified atom stereocenters. The van der Waals surface area contributed by atoms with Gasteiger partial charge in [0.05, 0.1) is 0 Å². The smallest absolute Gasteiger partial charge is 0.0458 e. The zero-order valence-corrected chi connectivity index (χ0v) is 13.6. The molecule has 0 aliphatic carbocycles. The summed E-state index contributed by atoms with van der Waals surface area (Å²) in [6.45, 7) is 2.85. The van der Waals surface area contributed by atoms with Crippen molar-refractivity contribution in [3.8, 4) is 0 Å². The van der Waals surface area contributed by atoms with Crippen LogP contribution in [0.25, 0.3) is 0 Å². The van der Waals surface area contributed by atoms with Gasteiger partial charge < -0.3 is 15.4 Å². The van der Waals surface area contributed by atoms with Crippen LogP contribution in [0.1, 0.15) is 29.9 Å². The lowest BCUT2D eigenvalue weighted by Crippen LogP contribution is -2.29. The van der Waals surface area contributed by atoms with Crippen LogP contribution in [-0.2, 0) is 6.54 Å². The van der Waals surface area contributed by atoms with Crippen LogP contribution in [0.15, 0.2) is 48.5 Å². The second-order valence-corrected chi connectivity index (χ2v) is 6.36. The highest BCUT2D eigenvalue weighted by atomic mass is 16.5. The number of likely N-dealkylation sites (tertiary alicyclic amines) is 1. The summed E-state index contributed by atoms with van der Waals surface area (Å²) in [6, 6.07) is 16.9. The Morgan fingerprint density at radius 1 is 0.957 bits per heavy atom. The number of rotatable bonds is 5. The first kappa shape index (κ1) is 16.0. The third kappa shape index (κ3) is 4.32. The van der Waals surface area contributed by atoms with E-state index >= 15 is 0 Å². The molecule has 0 amide bonds. The molecular formula is C19H25N3O. The van der Waals surface area contributed by atoms with Crippen molar-refractivity contribution in [2.45, 2.75) is 25.3 Å². The molecule has 1 aliphatic heterocycles. The highest BCUT2D eigenvalue weighted by Gasteiger charge is 2.17. The quantitative estimate of drug-likeness (QED) is 0.737. The molecule has 1 heterocycles. The number of piperidine rings is 1. The van der Waals surface area contributed by atoms with Crippen molar-refractivity contribution >= 4 is 11.4 Å². The SMILES string of the molecule is CN1CCC(c2ccc(Nc3ccc(CNO)cc3)cc2)CC1. The molecule has 1 saturated heterocycles. The van der Waals surface area contributed by atoms with Crippen LogP contribution >= 0.6 is 0 Å². The van der Waals surface area contributed by atoms with E-state index in [4.69, 9.17) is 5.21 Å². The minimum absolute atomic E-state index is 0.464. The van der Waals surface area contributed by atoms with Crippen LogP contribution < -0.4 is 10.8 Å². The molecule has 4 heteroatoms.